The minimum atomic E-state index is -1.30. The van der Waals surface area contributed by atoms with Gasteiger partial charge in [-0.15, -0.1) is 0 Å². The van der Waals surface area contributed by atoms with Gasteiger partial charge in [-0.25, -0.2) is 0 Å². The van der Waals surface area contributed by atoms with Crippen LogP contribution in [0.1, 0.15) is 24.8 Å². The first kappa shape index (κ1) is 14.0. The van der Waals surface area contributed by atoms with Crippen molar-refractivity contribution in [3.8, 4) is 0 Å². The Hall–Kier alpha value is -0.950. The molecular formula is C14H17BrN2O3. The van der Waals surface area contributed by atoms with Crippen LogP contribution in [0.4, 0.5) is 5.69 Å². The van der Waals surface area contributed by atoms with Crippen LogP contribution < -0.4 is 11.1 Å². The van der Waals surface area contributed by atoms with Crippen molar-refractivity contribution >= 4 is 27.5 Å². The van der Waals surface area contributed by atoms with Gasteiger partial charge in [0.25, 0.3) is 11.7 Å². The number of hydrogen-bond acceptors (Lipinski definition) is 4. The highest BCUT2D eigenvalue weighted by Crippen LogP contribution is 2.44. The number of benzene rings is 1. The lowest BCUT2D eigenvalue weighted by atomic mass is 10.0. The summed E-state index contributed by atoms with van der Waals surface area (Å²) in [7, 11) is 0. The van der Waals surface area contributed by atoms with Crippen molar-refractivity contribution in [2.24, 2.45) is 5.73 Å². The van der Waals surface area contributed by atoms with Crippen LogP contribution in [0.2, 0.25) is 0 Å². The van der Waals surface area contributed by atoms with Gasteiger partial charge in [0.1, 0.15) is 0 Å². The van der Waals surface area contributed by atoms with E-state index in [0.717, 1.165) is 35.0 Å². The van der Waals surface area contributed by atoms with E-state index in [9.17, 15) is 4.79 Å². The monoisotopic (exact) mass is 340 g/mol. The van der Waals surface area contributed by atoms with Gasteiger partial charge in [0.15, 0.2) is 0 Å². The lowest BCUT2D eigenvalue weighted by Gasteiger charge is -2.37. The highest BCUT2D eigenvalue weighted by molar-refractivity contribution is 9.10. The zero-order valence-corrected chi connectivity index (χ0v) is 12.6. The van der Waals surface area contributed by atoms with E-state index < -0.39 is 5.79 Å². The van der Waals surface area contributed by atoms with E-state index in [1.807, 2.05) is 18.2 Å². The number of amides is 1. The van der Waals surface area contributed by atoms with Crippen LogP contribution in [0.25, 0.3) is 0 Å². The quantitative estimate of drug-likeness (QED) is 0.883. The zero-order chi connectivity index (χ0) is 14.2. The molecule has 6 heteroatoms. The Balaban J connectivity index is 1.91. The van der Waals surface area contributed by atoms with Gasteiger partial charge in [-0.05, 0) is 44.0 Å². The molecule has 1 saturated heterocycles. The van der Waals surface area contributed by atoms with Gasteiger partial charge in [0.2, 0.25) is 0 Å². The molecule has 0 aromatic heterocycles. The Labute approximate surface area is 125 Å². The molecule has 1 aromatic carbocycles. The van der Waals surface area contributed by atoms with Crippen LogP contribution in [-0.4, -0.2) is 25.2 Å². The average molecular weight is 341 g/mol. The maximum Gasteiger partial charge on any atom is 0.289 e. The molecule has 1 aromatic rings. The van der Waals surface area contributed by atoms with Crippen molar-refractivity contribution in [3.05, 3.63) is 28.2 Å². The topological polar surface area (TPSA) is 73.6 Å². The van der Waals surface area contributed by atoms with E-state index in [0.29, 0.717) is 13.2 Å². The fourth-order valence-electron chi connectivity index (χ4n) is 2.70. The van der Waals surface area contributed by atoms with E-state index in [1.165, 1.54) is 0 Å². The first-order valence-corrected chi connectivity index (χ1v) is 7.58. The van der Waals surface area contributed by atoms with Crippen LogP contribution in [0.3, 0.4) is 0 Å². The summed E-state index contributed by atoms with van der Waals surface area (Å²) >= 11 is 3.43. The number of rotatable bonds is 3. The second kappa shape index (κ2) is 5.44. The Morgan fingerprint density at radius 3 is 3.15 bits per heavy atom. The van der Waals surface area contributed by atoms with Crippen LogP contribution in [0.15, 0.2) is 22.7 Å². The number of carbonyl (C=O) groups excluding carboxylic acids is 1. The molecule has 3 N–H and O–H groups in total. The summed E-state index contributed by atoms with van der Waals surface area (Å²) in [6.07, 6.45) is 2.52. The highest BCUT2D eigenvalue weighted by Gasteiger charge is 2.52. The number of hydrogen-bond donors (Lipinski definition) is 2. The first-order chi connectivity index (χ1) is 9.65. The summed E-state index contributed by atoms with van der Waals surface area (Å²) in [5, 5.41) is 2.83. The molecule has 2 atom stereocenters. The summed E-state index contributed by atoms with van der Waals surface area (Å²) in [5.41, 5.74) is 7.03. The van der Waals surface area contributed by atoms with E-state index >= 15 is 0 Å². The lowest BCUT2D eigenvalue weighted by molar-refractivity contribution is -0.281. The first-order valence-electron chi connectivity index (χ1n) is 6.79. The van der Waals surface area contributed by atoms with Crippen LogP contribution in [0.5, 0.6) is 0 Å². The number of anilines is 1. The average Bonchev–Trinajstić information content (AvgIpc) is 2.70. The van der Waals surface area contributed by atoms with Crippen LogP contribution in [-0.2, 0) is 20.1 Å². The third-order valence-electron chi connectivity index (χ3n) is 3.69. The van der Waals surface area contributed by atoms with Gasteiger partial charge >= 0.3 is 0 Å². The zero-order valence-electron chi connectivity index (χ0n) is 11.0. The minimum Gasteiger partial charge on any atom is -0.338 e. The summed E-state index contributed by atoms with van der Waals surface area (Å²) < 4.78 is 12.7. The molecule has 0 aliphatic carbocycles. The second-order valence-electron chi connectivity index (χ2n) is 5.07. The van der Waals surface area contributed by atoms with E-state index in [-0.39, 0.29) is 12.0 Å². The Bertz CT molecular complexity index is 537. The summed E-state index contributed by atoms with van der Waals surface area (Å²) in [6.45, 7) is 1.14. The van der Waals surface area contributed by atoms with Crippen molar-refractivity contribution in [2.45, 2.75) is 31.2 Å². The number of nitrogens with two attached hydrogens (primary N) is 1. The van der Waals surface area contributed by atoms with E-state index in [1.54, 1.807) is 0 Å². The van der Waals surface area contributed by atoms with Crippen molar-refractivity contribution in [3.63, 3.8) is 0 Å². The molecule has 108 valence electrons. The van der Waals surface area contributed by atoms with Crippen molar-refractivity contribution in [1.29, 1.82) is 0 Å². The third kappa shape index (κ3) is 2.26. The van der Waals surface area contributed by atoms with Gasteiger partial charge in [0, 0.05) is 10.0 Å². The molecule has 3 rings (SSSR count). The normalized spacial score (nSPS) is 28.5. The van der Waals surface area contributed by atoms with Gasteiger partial charge < -0.3 is 20.5 Å². The molecule has 0 saturated carbocycles. The molecule has 20 heavy (non-hydrogen) atoms. The van der Waals surface area contributed by atoms with Gasteiger partial charge in [-0.3, -0.25) is 4.79 Å². The smallest absolute Gasteiger partial charge is 0.289 e. The largest absolute Gasteiger partial charge is 0.338 e. The molecule has 0 radical (unpaired) electrons. The number of nitrogens with one attached hydrogen (secondary N) is 1. The van der Waals surface area contributed by atoms with Gasteiger partial charge in [-0.1, -0.05) is 15.9 Å². The van der Waals surface area contributed by atoms with E-state index in [4.69, 9.17) is 15.2 Å². The summed E-state index contributed by atoms with van der Waals surface area (Å²) in [6, 6.07) is 5.60. The Kier molecular flexibility index (Phi) is 3.81. The standard InChI is InChI=1S/C14H17BrN2O3/c15-9-3-4-12-11(8-9)14(13(18)17-12)19-7-5-10(20-14)2-1-6-16/h3-4,8,10H,1-2,5-7,16H2,(H,17,18). The van der Waals surface area contributed by atoms with Crippen LogP contribution in [0, 0.1) is 0 Å². The molecular weight excluding hydrogens is 324 g/mol. The van der Waals surface area contributed by atoms with Crippen molar-refractivity contribution in [1.82, 2.24) is 0 Å². The van der Waals surface area contributed by atoms with Crippen molar-refractivity contribution in [2.75, 3.05) is 18.5 Å². The molecule has 0 bridgehead atoms. The fraction of sp³-hybridized carbons (Fsp3) is 0.500. The fourth-order valence-corrected chi connectivity index (χ4v) is 3.06. The maximum absolute atomic E-state index is 12.3. The molecule has 1 fully saturated rings. The second-order valence-corrected chi connectivity index (χ2v) is 5.98. The molecule has 2 aliphatic rings. The number of carbonyl (C=O) groups is 1. The van der Waals surface area contributed by atoms with Gasteiger partial charge in [-0.2, -0.15) is 0 Å². The maximum atomic E-state index is 12.3. The molecule has 2 aliphatic heterocycles. The predicted octanol–water partition coefficient (Wildman–Crippen LogP) is 2.10. The number of ether oxygens (including phenoxy) is 2. The molecule has 1 amide bonds. The van der Waals surface area contributed by atoms with Crippen molar-refractivity contribution < 1.29 is 14.3 Å². The lowest BCUT2D eigenvalue weighted by Crippen LogP contribution is -2.47. The van der Waals surface area contributed by atoms with E-state index in [2.05, 4.69) is 21.2 Å². The molecule has 1 spiro atoms. The Morgan fingerprint density at radius 2 is 2.35 bits per heavy atom. The molecule has 2 unspecified atom stereocenters. The minimum absolute atomic E-state index is 0.00276. The predicted molar refractivity (Wildman–Crippen MR) is 78.2 cm³/mol. The number of fused-ring (bicyclic) bond motifs is 2. The van der Waals surface area contributed by atoms with Crippen LogP contribution >= 0.6 is 15.9 Å². The third-order valence-corrected chi connectivity index (χ3v) is 4.18. The molecule has 2 heterocycles. The molecule has 5 nitrogen and oxygen atoms in total. The SMILES string of the molecule is NCCCC1CCOC2(O1)C(=O)Nc1ccc(Br)cc12. The Morgan fingerprint density at radius 1 is 1.50 bits per heavy atom. The van der Waals surface area contributed by atoms with Gasteiger partial charge in [0.05, 0.1) is 18.4 Å². The highest BCUT2D eigenvalue weighted by atomic mass is 79.9. The summed E-state index contributed by atoms with van der Waals surface area (Å²) in [4.78, 5) is 12.3. The summed E-state index contributed by atoms with van der Waals surface area (Å²) in [5.74, 6) is -1.54. The number of halogens is 1.